The summed E-state index contributed by atoms with van der Waals surface area (Å²) in [7, 11) is 1.44. The molecule has 0 aliphatic carbocycles. The molecule has 0 aromatic rings. The molecule has 0 bridgehead atoms. The first-order valence-corrected chi connectivity index (χ1v) is 38.3. The van der Waals surface area contributed by atoms with Crippen LogP contribution in [0.15, 0.2) is 85.1 Å². The lowest BCUT2D eigenvalue weighted by Gasteiger charge is -2.24. The Morgan fingerprint density at radius 3 is 0.966 bits per heavy atom. The van der Waals surface area contributed by atoms with Gasteiger partial charge >= 0.3 is 19.8 Å². The highest BCUT2D eigenvalue weighted by Gasteiger charge is 2.27. The molecule has 0 aliphatic rings. The summed E-state index contributed by atoms with van der Waals surface area (Å²) in [6, 6.07) is 0. The second kappa shape index (κ2) is 67.6. The van der Waals surface area contributed by atoms with E-state index in [1.807, 2.05) is 21.1 Å². The van der Waals surface area contributed by atoms with E-state index in [0.717, 1.165) is 64.2 Å². The number of hydrogen-bond acceptors (Lipinski definition) is 7. The van der Waals surface area contributed by atoms with Crippen LogP contribution < -0.4 is 0 Å². The topological polar surface area (TPSA) is 108 Å². The van der Waals surface area contributed by atoms with Crippen LogP contribution in [0.3, 0.4) is 0 Å². The number of unbranched alkanes of at least 4 members (excludes halogenated alkanes) is 40. The van der Waals surface area contributed by atoms with Gasteiger partial charge in [-0.05, 0) is 64.2 Å². The Morgan fingerprint density at radius 1 is 0.368 bits per heavy atom. The van der Waals surface area contributed by atoms with Crippen molar-refractivity contribution in [2.24, 2.45) is 0 Å². The standard InChI is InChI=1S/C77H140NO8P/c1-6-8-10-12-14-16-18-20-22-24-26-28-30-31-32-33-34-35-36-37-38-39-40-41-42-43-44-45-46-48-49-51-53-55-57-59-61-63-65-67-69-76(79)83-73-75(74-85-87(81,82)84-72-71-78(3,4)5)86-77(80)70-68-66-64-62-60-58-56-54-52-50-47-29-27-25-23-21-19-17-15-13-11-9-7-2/h9,11,15,17,21,23,27,29,50,52,56,58,62,64,75H,6-8,10,12-14,16,18-20,22,24-26,28,30-49,51,53-55,57,59-61,63,65-74H2,1-5H3/p+1/b11-9-,17-15-,23-21-,29-27-,52-50-,58-56-,64-62-. The van der Waals surface area contributed by atoms with Crippen molar-refractivity contribution in [3.63, 3.8) is 0 Å². The van der Waals surface area contributed by atoms with Crippen LogP contribution in [0.1, 0.15) is 341 Å². The van der Waals surface area contributed by atoms with Crippen LogP contribution >= 0.6 is 7.82 Å². The quantitative estimate of drug-likeness (QED) is 0.0211. The number of quaternary nitrogens is 1. The Balaban J connectivity index is 3.96. The third kappa shape index (κ3) is 72.1. The summed E-state index contributed by atoms with van der Waals surface area (Å²) in [5.41, 5.74) is 0. The molecule has 2 unspecified atom stereocenters. The molecule has 0 aromatic carbocycles. The average molecular weight is 1240 g/mol. The monoisotopic (exact) mass is 1240 g/mol. The van der Waals surface area contributed by atoms with Gasteiger partial charge in [0.1, 0.15) is 19.8 Å². The second-order valence-electron chi connectivity index (χ2n) is 26.0. The van der Waals surface area contributed by atoms with E-state index in [1.165, 1.54) is 238 Å². The molecule has 0 amide bonds. The first kappa shape index (κ1) is 84.2. The largest absolute Gasteiger partial charge is 0.472 e. The fourth-order valence-corrected chi connectivity index (χ4v) is 11.3. The van der Waals surface area contributed by atoms with Gasteiger partial charge in [0.25, 0.3) is 0 Å². The number of carbonyl (C=O) groups excluding carboxylic acids is 2. The van der Waals surface area contributed by atoms with Gasteiger partial charge in [0, 0.05) is 12.8 Å². The second-order valence-corrected chi connectivity index (χ2v) is 27.4. The number of phosphoric acid groups is 1. The number of esters is 2. The Kier molecular flexibility index (Phi) is 65.4. The molecule has 2 atom stereocenters. The van der Waals surface area contributed by atoms with Crippen LogP contribution in [0, 0.1) is 0 Å². The van der Waals surface area contributed by atoms with Crippen molar-refractivity contribution in [3.05, 3.63) is 85.1 Å². The first-order chi connectivity index (χ1) is 42.5. The van der Waals surface area contributed by atoms with Gasteiger partial charge in [0.05, 0.1) is 27.7 Å². The van der Waals surface area contributed by atoms with E-state index >= 15 is 0 Å². The van der Waals surface area contributed by atoms with E-state index < -0.39 is 26.5 Å². The van der Waals surface area contributed by atoms with Crippen molar-refractivity contribution in [1.29, 1.82) is 0 Å². The van der Waals surface area contributed by atoms with Gasteiger partial charge in [0.2, 0.25) is 0 Å². The lowest BCUT2D eigenvalue weighted by molar-refractivity contribution is -0.870. The van der Waals surface area contributed by atoms with Crippen LogP contribution in [0.2, 0.25) is 0 Å². The number of phosphoric ester groups is 1. The smallest absolute Gasteiger partial charge is 0.462 e. The molecule has 0 saturated carbocycles. The highest BCUT2D eigenvalue weighted by Crippen LogP contribution is 2.43. The van der Waals surface area contributed by atoms with E-state index in [-0.39, 0.29) is 32.0 Å². The molecule has 0 aromatic heterocycles. The molecule has 87 heavy (non-hydrogen) atoms. The lowest BCUT2D eigenvalue weighted by atomic mass is 10.0. The van der Waals surface area contributed by atoms with E-state index in [4.69, 9.17) is 18.5 Å². The SMILES string of the molecule is CC/C=C\C/C=C\C/C=C\C/C=C\C/C=C\C/C=C\C/C=C\CCCC(=O)OC(COC(=O)CCCCCCCCCCCCCCCCCCCCCCCCCCCCCCCCCCCCCCCCCC)COP(=O)(O)OCC[N+](C)(C)C. The molecule has 0 heterocycles. The molecule has 9 nitrogen and oxygen atoms in total. The van der Waals surface area contributed by atoms with Gasteiger partial charge in [-0.1, -0.05) is 349 Å². The summed E-state index contributed by atoms with van der Waals surface area (Å²) in [6.45, 7) is 4.29. The number of carbonyl (C=O) groups is 2. The summed E-state index contributed by atoms with van der Waals surface area (Å²) in [5, 5.41) is 0. The van der Waals surface area contributed by atoms with Crippen LogP contribution in [-0.2, 0) is 32.7 Å². The minimum absolute atomic E-state index is 0.0180. The number of likely N-dealkylation sites (N-methyl/N-ethyl adjacent to an activating group) is 1. The maximum atomic E-state index is 12.8. The van der Waals surface area contributed by atoms with Crippen molar-refractivity contribution in [2.75, 3.05) is 47.5 Å². The lowest BCUT2D eigenvalue weighted by Crippen LogP contribution is -2.37. The van der Waals surface area contributed by atoms with E-state index in [0.29, 0.717) is 23.9 Å². The maximum Gasteiger partial charge on any atom is 0.472 e. The predicted molar refractivity (Wildman–Crippen MR) is 376 cm³/mol. The van der Waals surface area contributed by atoms with E-state index in [1.54, 1.807) is 0 Å². The van der Waals surface area contributed by atoms with Gasteiger partial charge in [-0.3, -0.25) is 18.6 Å². The average Bonchev–Trinajstić information content (AvgIpc) is 3.68. The molecule has 0 fully saturated rings. The van der Waals surface area contributed by atoms with Gasteiger partial charge in [0.15, 0.2) is 6.10 Å². The fourth-order valence-electron chi connectivity index (χ4n) is 10.6. The van der Waals surface area contributed by atoms with Crippen molar-refractivity contribution in [3.8, 4) is 0 Å². The molecule has 0 saturated heterocycles. The minimum Gasteiger partial charge on any atom is -0.462 e. The normalized spacial score (nSPS) is 13.6. The Morgan fingerprint density at radius 2 is 0.655 bits per heavy atom. The van der Waals surface area contributed by atoms with Crippen molar-refractivity contribution in [2.45, 2.75) is 347 Å². The first-order valence-electron chi connectivity index (χ1n) is 36.8. The summed E-state index contributed by atoms with van der Waals surface area (Å²) in [5.74, 6) is -0.859. The molecule has 0 radical (unpaired) electrons. The third-order valence-corrected chi connectivity index (χ3v) is 17.2. The Labute approximate surface area is 539 Å². The number of allylic oxidation sites excluding steroid dienone is 14. The number of nitrogens with zero attached hydrogens (tertiary/aromatic N) is 1. The molecule has 0 spiro atoms. The fraction of sp³-hybridized carbons (Fsp3) is 0.792. The molecule has 10 heteroatoms. The van der Waals surface area contributed by atoms with Gasteiger partial charge < -0.3 is 18.9 Å². The molecule has 0 aliphatic heterocycles. The van der Waals surface area contributed by atoms with Gasteiger partial charge in [-0.15, -0.1) is 0 Å². The van der Waals surface area contributed by atoms with Crippen molar-refractivity contribution in [1.82, 2.24) is 0 Å². The molecule has 0 rings (SSSR count). The third-order valence-electron chi connectivity index (χ3n) is 16.2. The molecular weight excluding hydrogens is 1100 g/mol. The van der Waals surface area contributed by atoms with Gasteiger partial charge in [-0.2, -0.15) is 0 Å². The van der Waals surface area contributed by atoms with E-state index in [9.17, 15) is 19.0 Å². The number of ether oxygens (including phenoxy) is 2. The van der Waals surface area contributed by atoms with Crippen LogP contribution in [0.25, 0.3) is 0 Å². The van der Waals surface area contributed by atoms with Crippen molar-refractivity contribution >= 4 is 19.8 Å². The van der Waals surface area contributed by atoms with Crippen LogP contribution in [0.5, 0.6) is 0 Å². The Hall–Kier alpha value is -2.81. The Bertz CT molecular complexity index is 1740. The number of hydrogen-bond donors (Lipinski definition) is 1. The zero-order valence-electron chi connectivity index (χ0n) is 57.8. The highest BCUT2D eigenvalue weighted by molar-refractivity contribution is 7.47. The molecule has 1 N–H and O–H groups in total. The van der Waals surface area contributed by atoms with Crippen LogP contribution in [-0.4, -0.2) is 74.9 Å². The highest BCUT2D eigenvalue weighted by atomic mass is 31.2. The van der Waals surface area contributed by atoms with Gasteiger partial charge in [-0.25, -0.2) is 4.57 Å². The summed E-state index contributed by atoms with van der Waals surface area (Å²) >= 11 is 0. The zero-order valence-corrected chi connectivity index (χ0v) is 58.6. The summed E-state index contributed by atoms with van der Waals surface area (Å²) in [6.07, 6.45) is 93.2. The van der Waals surface area contributed by atoms with E-state index in [2.05, 4.69) is 98.9 Å². The molecule has 506 valence electrons. The van der Waals surface area contributed by atoms with Crippen LogP contribution in [0.4, 0.5) is 0 Å². The zero-order chi connectivity index (χ0) is 63.4. The number of rotatable bonds is 68. The summed E-state index contributed by atoms with van der Waals surface area (Å²) < 4.78 is 34.6. The summed E-state index contributed by atoms with van der Waals surface area (Å²) in [4.78, 5) is 35.8. The van der Waals surface area contributed by atoms with Crippen molar-refractivity contribution < 1.29 is 42.1 Å². The maximum absolute atomic E-state index is 12.8. The molecular formula is C77H141NO8P+. The predicted octanol–water partition coefficient (Wildman–Crippen LogP) is 24.1. The minimum atomic E-state index is -4.41.